The van der Waals surface area contributed by atoms with E-state index in [1.807, 2.05) is 60.3 Å². The van der Waals surface area contributed by atoms with Gasteiger partial charge in [0.2, 0.25) is 17.7 Å². The van der Waals surface area contributed by atoms with E-state index in [0.29, 0.717) is 60.0 Å². The molecule has 0 bridgehead atoms. The number of carbonyl (C=O) groups is 4. The van der Waals surface area contributed by atoms with Crippen molar-refractivity contribution in [2.75, 3.05) is 62.9 Å². The van der Waals surface area contributed by atoms with Crippen molar-refractivity contribution < 1.29 is 23.6 Å². The van der Waals surface area contributed by atoms with Crippen molar-refractivity contribution >= 4 is 51.9 Å². The van der Waals surface area contributed by atoms with E-state index in [-0.39, 0.29) is 35.7 Å². The maximum atomic E-state index is 14.0. The molecule has 4 fully saturated rings. The number of hydrogen-bond donors (Lipinski definition) is 3. The molecule has 5 aromatic rings. The number of anilines is 3. The number of imide groups is 1. The van der Waals surface area contributed by atoms with Crippen molar-refractivity contribution in [3.8, 4) is 11.5 Å². The molecule has 17 nitrogen and oxygen atoms in total. The number of nitrogens with zero attached hydrogens (tertiary/aromatic N) is 8. The number of rotatable bonds is 14. The van der Waals surface area contributed by atoms with Crippen molar-refractivity contribution in [2.45, 2.75) is 82.6 Å². The minimum Gasteiger partial charge on any atom is -0.444 e. The summed E-state index contributed by atoms with van der Waals surface area (Å²) in [6, 6.07) is 13.3. The quantitative estimate of drug-likeness (QED) is 0.129. The van der Waals surface area contributed by atoms with Crippen LogP contribution in [0.5, 0.6) is 0 Å². The third-order valence-electron chi connectivity index (χ3n) is 14.3. The molecule has 6 heterocycles. The first-order valence-electron chi connectivity index (χ1n) is 23.0. The molecule has 2 aliphatic carbocycles. The van der Waals surface area contributed by atoms with E-state index in [1.165, 1.54) is 19.1 Å². The fraction of sp³-hybridized carbons (Fsp3) is 0.479. The van der Waals surface area contributed by atoms with Crippen molar-refractivity contribution in [3.63, 3.8) is 0 Å². The number of fused-ring (bicyclic) bond motifs is 2. The summed E-state index contributed by atoms with van der Waals surface area (Å²) in [5, 5.41) is 8.80. The molecule has 2 aromatic carbocycles. The van der Waals surface area contributed by atoms with Crippen LogP contribution in [0, 0.1) is 11.8 Å². The van der Waals surface area contributed by atoms with Gasteiger partial charge in [0.15, 0.2) is 5.69 Å². The summed E-state index contributed by atoms with van der Waals surface area (Å²) in [6.07, 6.45) is 10.1. The number of para-hydroxylation sites is 1. The van der Waals surface area contributed by atoms with Gasteiger partial charge in [-0.05, 0) is 105 Å². The number of amides is 4. The first-order chi connectivity index (χ1) is 31.4. The summed E-state index contributed by atoms with van der Waals surface area (Å²) in [6.45, 7) is 4.94. The lowest BCUT2D eigenvalue weighted by atomic mass is 9.84. The second kappa shape index (κ2) is 17.2. The monoisotopic (exact) mass is 883 g/mol. The molecule has 2 saturated carbocycles. The van der Waals surface area contributed by atoms with E-state index in [1.54, 1.807) is 22.4 Å². The highest BCUT2D eigenvalue weighted by Gasteiger charge is 2.38. The van der Waals surface area contributed by atoms with Gasteiger partial charge < -0.3 is 29.8 Å². The first kappa shape index (κ1) is 42.6. The predicted octanol–water partition coefficient (Wildman–Crippen LogP) is 4.84. The van der Waals surface area contributed by atoms with Gasteiger partial charge in [-0.15, -0.1) is 0 Å². The Labute approximate surface area is 377 Å². The van der Waals surface area contributed by atoms with Crippen molar-refractivity contribution in [2.24, 2.45) is 18.9 Å². The number of likely N-dealkylation sites (tertiary alicyclic amines) is 1. The molecular formula is C48H57N11O6. The van der Waals surface area contributed by atoms with E-state index in [2.05, 4.69) is 48.8 Å². The molecule has 4 amide bonds. The molecule has 3 N–H and O–H groups in total. The average molecular weight is 884 g/mol. The van der Waals surface area contributed by atoms with Gasteiger partial charge in [-0.25, -0.2) is 14.8 Å². The molecule has 0 spiro atoms. The second-order valence-corrected chi connectivity index (χ2v) is 19.0. The van der Waals surface area contributed by atoms with Crippen LogP contribution in [0.1, 0.15) is 89.4 Å². The molecule has 2 saturated heterocycles. The largest absolute Gasteiger partial charge is 0.444 e. The van der Waals surface area contributed by atoms with Gasteiger partial charge in [-0.2, -0.15) is 0 Å². The smallest absolute Gasteiger partial charge is 0.329 e. The zero-order chi connectivity index (χ0) is 45.1. The van der Waals surface area contributed by atoms with Crippen LogP contribution in [0.3, 0.4) is 0 Å². The Bertz CT molecular complexity index is 2740. The van der Waals surface area contributed by atoms with Crippen LogP contribution in [-0.4, -0.2) is 117 Å². The summed E-state index contributed by atoms with van der Waals surface area (Å²) in [7, 11) is 7.76. The molecule has 17 heteroatoms. The van der Waals surface area contributed by atoms with Crippen LogP contribution in [0.15, 0.2) is 64.1 Å². The number of oxazole rings is 1. The standard InChI is InChI=1S/C48H57N11O6/c1-54(2)40-20-35-32(18-36(40)51-44(61)37-27-65-46(52-37)30-16-17-49-41(19-30)50-21-28-8-9-28)24-58(47(35)63)33-12-10-29(11-13-33)22-55(3)34-25-57(26-34)23-31-6-5-7-38-43(31)56(4)48(64)59(38)39-14-15-42(60)53-45(39)62/h5-7,16-20,27-29,33-34,39H,8-15,21-26H2,1-4H3,(H,49,50)(H,51,61)(H,53,60,62)/t29-,33-,39?. The number of aryl methyl sites for hydroxylation is 1. The number of benzene rings is 2. The number of pyridine rings is 1. The molecule has 0 radical (unpaired) electrons. The summed E-state index contributed by atoms with van der Waals surface area (Å²) < 4.78 is 8.92. The van der Waals surface area contributed by atoms with Crippen LogP contribution in [0.2, 0.25) is 0 Å². The number of piperidine rings is 1. The zero-order valence-corrected chi connectivity index (χ0v) is 37.5. The molecular weight excluding hydrogens is 827 g/mol. The Kier molecular flexibility index (Phi) is 11.3. The van der Waals surface area contributed by atoms with Crippen LogP contribution < -0.4 is 26.5 Å². The van der Waals surface area contributed by atoms with Gasteiger partial charge in [-0.1, -0.05) is 12.1 Å². The van der Waals surface area contributed by atoms with Crippen molar-refractivity contribution in [3.05, 3.63) is 87.8 Å². The zero-order valence-electron chi connectivity index (χ0n) is 37.5. The summed E-state index contributed by atoms with van der Waals surface area (Å²) in [4.78, 5) is 83.2. The Morgan fingerprint density at radius 1 is 0.954 bits per heavy atom. The number of aromatic nitrogens is 4. The molecule has 65 heavy (non-hydrogen) atoms. The van der Waals surface area contributed by atoms with Crippen molar-refractivity contribution in [1.29, 1.82) is 0 Å². The minimum absolute atomic E-state index is 0.0453. The van der Waals surface area contributed by atoms with Crippen LogP contribution in [0.25, 0.3) is 22.5 Å². The molecule has 5 aliphatic rings. The highest BCUT2D eigenvalue weighted by molar-refractivity contribution is 6.07. The highest BCUT2D eigenvalue weighted by atomic mass is 16.3. The van der Waals surface area contributed by atoms with E-state index in [9.17, 15) is 24.0 Å². The summed E-state index contributed by atoms with van der Waals surface area (Å²) in [5.41, 5.74) is 6.15. The Balaban J connectivity index is 0.720. The maximum Gasteiger partial charge on any atom is 0.329 e. The van der Waals surface area contributed by atoms with E-state index in [4.69, 9.17) is 4.42 Å². The number of hydrogen-bond acceptors (Lipinski definition) is 12. The molecule has 340 valence electrons. The van der Waals surface area contributed by atoms with Crippen molar-refractivity contribution in [1.82, 2.24) is 39.1 Å². The molecule has 1 atom stereocenters. The topological polar surface area (TPSA) is 183 Å². The van der Waals surface area contributed by atoms with E-state index >= 15 is 0 Å². The van der Waals surface area contributed by atoms with Gasteiger partial charge in [0.25, 0.3) is 11.8 Å². The number of likely N-dealkylation sites (N-methyl/N-ethyl adjacent to an activating group) is 1. The highest BCUT2D eigenvalue weighted by Crippen LogP contribution is 2.38. The number of imidazole rings is 1. The Morgan fingerprint density at radius 2 is 1.74 bits per heavy atom. The number of carbonyl (C=O) groups excluding carboxylic acids is 4. The van der Waals surface area contributed by atoms with E-state index in [0.717, 1.165) is 85.6 Å². The first-order valence-corrected chi connectivity index (χ1v) is 23.0. The van der Waals surface area contributed by atoms with Gasteiger partial charge in [0.05, 0.1) is 22.4 Å². The predicted molar refractivity (Wildman–Crippen MR) is 246 cm³/mol. The Hall–Kier alpha value is -6.33. The summed E-state index contributed by atoms with van der Waals surface area (Å²) in [5.74, 6) is 1.25. The lowest BCUT2D eigenvalue weighted by Gasteiger charge is -2.46. The average Bonchev–Trinajstić information content (AvgIpc) is 3.78. The molecule has 3 aliphatic heterocycles. The van der Waals surface area contributed by atoms with Gasteiger partial charge in [0, 0.05) is 96.2 Å². The fourth-order valence-electron chi connectivity index (χ4n) is 10.3. The van der Waals surface area contributed by atoms with Crippen LogP contribution in [-0.2, 0) is 29.7 Å². The molecule has 3 aromatic heterocycles. The van der Waals surface area contributed by atoms with Crippen LogP contribution >= 0.6 is 0 Å². The maximum absolute atomic E-state index is 14.0. The lowest BCUT2D eigenvalue weighted by Crippen LogP contribution is -2.58. The van der Waals surface area contributed by atoms with E-state index < -0.39 is 17.9 Å². The summed E-state index contributed by atoms with van der Waals surface area (Å²) >= 11 is 0. The Morgan fingerprint density at radius 3 is 2.49 bits per heavy atom. The number of nitrogens with one attached hydrogen (secondary N) is 3. The van der Waals surface area contributed by atoms with Gasteiger partial charge in [-0.3, -0.25) is 38.5 Å². The third-order valence-corrected chi connectivity index (χ3v) is 14.3. The third kappa shape index (κ3) is 8.42. The normalized spacial score (nSPS) is 21.5. The SMILES string of the molecule is CN(C)c1cc2c(cc1NC(=O)c1coc(-c3ccnc(NCC4CC4)c3)n1)CN([C@H]1CC[C@H](CN(C)C3CN(Cc4cccc5c4n(C)c(=O)n5C4CCC(=O)NC4=O)C3)CC1)C2=O. The van der Waals surface area contributed by atoms with Gasteiger partial charge >= 0.3 is 5.69 Å². The van der Waals surface area contributed by atoms with Gasteiger partial charge in [0.1, 0.15) is 18.1 Å². The second-order valence-electron chi connectivity index (χ2n) is 19.0. The molecule has 1 unspecified atom stereocenters. The lowest BCUT2D eigenvalue weighted by molar-refractivity contribution is -0.135. The molecule has 10 rings (SSSR count). The fourth-order valence-corrected chi connectivity index (χ4v) is 10.3. The minimum atomic E-state index is -0.706. The van der Waals surface area contributed by atoms with Crippen LogP contribution in [0.4, 0.5) is 17.2 Å².